The molecule has 0 saturated carbocycles. The van der Waals surface area contributed by atoms with Crippen molar-refractivity contribution in [1.82, 2.24) is 15.1 Å². The van der Waals surface area contributed by atoms with Gasteiger partial charge in [0.25, 0.3) is 0 Å². The van der Waals surface area contributed by atoms with Crippen molar-refractivity contribution >= 4 is 0 Å². The Morgan fingerprint density at radius 3 is 2.78 bits per heavy atom. The summed E-state index contributed by atoms with van der Waals surface area (Å²) in [6.45, 7) is 8.66. The summed E-state index contributed by atoms with van der Waals surface area (Å²) in [4.78, 5) is 4.59. The topological polar surface area (TPSA) is 48.0 Å². The summed E-state index contributed by atoms with van der Waals surface area (Å²) in [5.74, 6) is 0. The number of likely N-dealkylation sites (N-methyl/N-ethyl adjacent to an activating group) is 1. The summed E-state index contributed by atoms with van der Waals surface area (Å²) in [5.41, 5.74) is 0. The first-order valence-electron chi connectivity index (χ1n) is 7.10. The van der Waals surface area contributed by atoms with Crippen molar-refractivity contribution in [2.75, 3.05) is 52.9 Å². The quantitative estimate of drug-likeness (QED) is 0.686. The molecule has 0 aromatic carbocycles. The third kappa shape index (κ3) is 3.90. The van der Waals surface area contributed by atoms with Crippen LogP contribution in [0.1, 0.15) is 13.3 Å². The maximum Gasteiger partial charge on any atom is 0.0793 e. The summed E-state index contributed by atoms with van der Waals surface area (Å²) in [6, 6.07) is 0.461. The van der Waals surface area contributed by atoms with Gasteiger partial charge >= 0.3 is 0 Å². The third-order valence-electron chi connectivity index (χ3n) is 4.08. The minimum Gasteiger partial charge on any atom is -0.390 e. The Labute approximate surface area is 110 Å². The zero-order valence-electron chi connectivity index (χ0n) is 11.6. The zero-order chi connectivity index (χ0) is 13.0. The summed E-state index contributed by atoms with van der Waals surface area (Å²) >= 11 is 0. The summed E-state index contributed by atoms with van der Waals surface area (Å²) in [6.07, 6.45) is 1.11. The van der Waals surface area contributed by atoms with Gasteiger partial charge in [0.2, 0.25) is 0 Å². The molecule has 2 aliphatic rings. The van der Waals surface area contributed by atoms with Gasteiger partial charge in [-0.1, -0.05) is 0 Å². The molecule has 2 N–H and O–H groups in total. The van der Waals surface area contributed by atoms with E-state index >= 15 is 0 Å². The molecule has 0 spiro atoms. The lowest BCUT2D eigenvalue weighted by Crippen LogP contribution is -2.49. The molecule has 3 unspecified atom stereocenters. The van der Waals surface area contributed by atoms with E-state index in [1.54, 1.807) is 0 Å². The Morgan fingerprint density at radius 2 is 2.17 bits per heavy atom. The van der Waals surface area contributed by atoms with Crippen LogP contribution in [0.4, 0.5) is 0 Å². The minimum atomic E-state index is -0.263. The Balaban J connectivity index is 1.70. The highest BCUT2D eigenvalue weighted by Gasteiger charge is 2.29. The third-order valence-corrected chi connectivity index (χ3v) is 4.08. The fourth-order valence-electron chi connectivity index (χ4n) is 3.02. The van der Waals surface area contributed by atoms with Crippen LogP contribution in [0.3, 0.4) is 0 Å². The maximum atomic E-state index is 10.2. The highest BCUT2D eigenvalue weighted by atomic mass is 16.5. The van der Waals surface area contributed by atoms with Crippen molar-refractivity contribution in [3.05, 3.63) is 0 Å². The molecular weight excluding hydrogens is 230 g/mol. The number of nitrogens with one attached hydrogen (secondary N) is 1. The van der Waals surface area contributed by atoms with E-state index in [2.05, 4.69) is 29.1 Å². The second kappa shape index (κ2) is 6.82. The number of nitrogens with zero attached hydrogens (tertiary/aromatic N) is 2. The summed E-state index contributed by atoms with van der Waals surface area (Å²) in [7, 11) is 2.09. The van der Waals surface area contributed by atoms with E-state index < -0.39 is 0 Å². The van der Waals surface area contributed by atoms with E-state index in [4.69, 9.17) is 4.74 Å². The average Bonchev–Trinajstić information content (AvgIpc) is 2.76. The second-order valence-electron chi connectivity index (χ2n) is 5.58. The van der Waals surface area contributed by atoms with Crippen LogP contribution in [0.25, 0.3) is 0 Å². The van der Waals surface area contributed by atoms with Crippen LogP contribution in [0.15, 0.2) is 0 Å². The molecule has 5 nitrogen and oxygen atoms in total. The average molecular weight is 257 g/mol. The highest BCUT2D eigenvalue weighted by Crippen LogP contribution is 2.18. The first-order chi connectivity index (χ1) is 8.66. The number of aliphatic hydroxyl groups is 1. The Morgan fingerprint density at radius 1 is 1.44 bits per heavy atom. The minimum absolute atomic E-state index is 0.263. The van der Waals surface area contributed by atoms with Gasteiger partial charge in [0.1, 0.15) is 0 Å². The molecule has 2 heterocycles. The van der Waals surface area contributed by atoms with Crippen LogP contribution in [0, 0.1) is 0 Å². The van der Waals surface area contributed by atoms with Crippen LogP contribution in [0.2, 0.25) is 0 Å². The Kier molecular flexibility index (Phi) is 5.38. The van der Waals surface area contributed by atoms with Crippen LogP contribution >= 0.6 is 0 Å². The normalized spacial score (nSPS) is 32.0. The molecule has 0 aromatic heterocycles. The SMILES string of the molecule is CC1OCCC1N(C)CC(O)CN1CCNCC1. The summed E-state index contributed by atoms with van der Waals surface area (Å²) in [5, 5.41) is 13.5. The van der Waals surface area contributed by atoms with Crippen molar-refractivity contribution in [2.45, 2.75) is 31.6 Å². The Bertz CT molecular complexity index is 246. The van der Waals surface area contributed by atoms with Gasteiger partial charge in [0, 0.05) is 51.9 Å². The molecular formula is C13H27N3O2. The molecule has 18 heavy (non-hydrogen) atoms. The fraction of sp³-hybridized carbons (Fsp3) is 1.00. The summed E-state index contributed by atoms with van der Waals surface area (Å²) < 4.78 is 5.58. The van der Waals surface area contributed by atoms with Crippen molar-refractivity contribution in [2.24, 2.45) is 0 Å². The van der Waals surface area contributed by atoms with Gasteiger partial charge in [0.05, 0.1) is 12.2 Å². The van der Waals surface area contributed by atoms with E-state index in [0.717, 1.165) is 52.3 Å². The number of hydrogen-bond donors (Lipinski definition) is 2. The van der Waals surface area contributed by atoms with Gasteiger partial charge in [-0.15, -0.1) is 0 Å². The molecule has 2 saturated heterocycles. The van der Waals surface area contributed by atoms with Gasteiger partial charge in [-0.05, 0) is 20.4 Å². The first kappa shape index (κ1) is 14.2. The smallest absolute Gasteiger partial charge is 0.0793 e. The van der Waals surface area contributed by atoms with Gasteiger partial charge in [-0.25, -0.2) is 0 Å². The molecule has 2 rings (SSSR count). The highest BCUT2D eigenvalue weighted by molar-refractivity contribution is 4.82. The predicted molar refractivity (Wildman–Crippen MR) is 71.8 cm³/mol. The molecule has 3 atom stereocenters. The molecule has 0 aromatic rings. The number of aliphatic hydroxyl groups excluding tert-OH is 1. The van der Waals surface area contributed by atoms with Gasteiger partial charge < -0.3 is 15.2 Å². The Hall–Kier alpha value is -0.200. The van der Waals surface area contributed by atoms with Gasteiger partial charge in [-0.2, -0.15) is 0 Å². The van der Waals surface area contributed by atoms with Crippen molar-refractivity contribution in [1.29, 1.82) is 0 Å². The largest absolute Gasteiger partial charge is 0.390 e. The lowest BCUT2D eigenvalue weighted by molar-refractivity contribution is 0.0417. The van der Waals surface area contributed by atoms with Crippen LogP contribution in [0.5, 0.6) is 0 Å². The number of β-amino-alcohol motifs (C(OH)–C–C–N with tert-alkyl or cyclic N) is 1. The monoisotopic (exact) mass is 257 g/mol. The first-order valence-corrected chi connectivity index (χ1v) is 7.10. The molecule has 0 bridgehead atoms. The number of piperazine rings is 1. The van der Waals surface area contributed by atoms with Crippen LogP contribution in [-0.4, -0.2) is 86.1 Å². The van der Waals surface area contributed by atoms with Gasteiger partial charge in [0.15, 0.2) is 0 Å². The number of rotatable bonds is 5. The molecule has 0 radical (unpaired) electrons. The maximum absolute atomic E-state index is 10.2. The van der Waals surface area contributed by atoms with Gasteiger partial charge in [-0.3, -0.25) is 9.80 Å². The lowest BCUT2D eigenvalue weighted by Gasteiger charge is -2.32. The van der Waals surface area contributed by atoms with Crippen LogP contribution in [-0.2, 0) is 4.74 Å². The zero-order valence-corrected chi connectivity index (χ0v) is 11.6. The molecule has 5 heteroatoms. The van der Waals surface area contributed by atoms with Crippen molar-refractivity contribution in [3.8, 4) is 0 Å². The number of hydrogen-bond acceptors (Lipinski definition) is 5. The lowest BCUT2D eigenvalue weighted by atomic mass is 10.1. The van der Waals surface area contributed by atoms with E-state index in [1.807, 2.05) is 0 Å². The molecule has 2 fully saturated rings. The second-order valence-corrected chi connectivity index (χ2v) is 5.58. The van der Waals surface area contributed by atoms with E-state index in [1.165, 1.54) is 0 Å². The fourth-order valence-corrected chi connectivity index (χ4v) is 3.02. The van der Waals surface area contributed by atoms with Crippen LogP contribution < -0.4 is 5.32 Å². The predicted octanol–water partition coefficient (Wildman–Crippen LogP) is -0.638. The standard InChI is InChI=1S/C13H27N3O2/c1-11-13(3-8-18-11)15(2)9-12(17)10-16-6-4-14-5-7-16/h11-14,17H,3-10H2,1-2H3. The van der Waals surface area contributed by atoms with E-state index in [-0.39, 0.29) is 6.10 Å². The number of ether oxygens (including phenoxy) is 1. The molecule has 0 amide bonds. The molecule has 0 aliphatic carbocycles. The molecule has 2 aliphatic heterocycles. The van der Waals surface area contributed by atoms with Crippen molar-refractivity contribution < 1.29 is 9.84 Å². The molecule has 106 valence electrons. The van der Waals surface area contributed by atoms with Crippen molar-refractivity contribution in [3.63, 3.8) is 0 Å². The van der Waals surface area contributed by atoms with E-state index in [0.29, 0.717) is 12.1 Å². The van der Waals surface area contributed by atoms with E-state index in [9.17, 15) is 5.11 Å².